The SMILES string of the molecule is Cc1noc2ncnc(N3CCCCC3C(=O)O)c12. The topological polar surface area (TPSA) is 92.4 Å². The second-order valence-electron chi connectivity index (χ2n) is 4.69. The van der Waals surface area contributed by atoms with Gasteiger partial charge in [0.2, 0.25) is 0 Å². The Morgan fingerprint density at radius 1 is 1.47 bits per heavy atom. The van der Waals surface area contributed by atoms with E-state index in [0.29, 0.717) is 35.6 Å². The number of anilines is 1. The molecular formula is C12H14N4O3. The predicted octanol–water partition coefficient (Wildman–Crippen LogP) is 1.37. The summed E-state index contributed by atoms with van der Waals surface area (Å²) in [5.41, 5.74) is 1.08. The van der Waals surface area contributed by atoms with Crippen molar-refractivity contribution in [3.05, 3.63) is 12.0 Å². The fourth-order valence-electron chi connectivity index (χ4n) is 2.56. The van der Waals surface area contributed by atoms with Gasteiger partial charge in [-0.3, -0.25) is 0 Å². The van der Waals surface area contributed by atoms with Crippen molar-refractivity contribution >= 4 is 22.9 Å². The van der Waals surface area contributed by atoms with Crippen molar-refractivity contribution in [3.63, 3.8) is 0 Å². The lowest BCUT2D eigenvalue weighted by atomic mass is 10.0. The van der Waals surface area contributed by atoms with E-state index < -0.39 is 12.0 Å². The summed E-state index contributed by atoms with van der Waals surface area (Å²) in [4.78, 5) is 21.5. The Labute approximate surface area is 109 Å². The molecule has 2 aromatic rings. The summed E-state index contributed by atoms with van der Waals surface area (Å²) in [6.07, 6.45) is 3.89. The number of hydrogen-bond donors (Lipinski definition) is 1. The van der Waals surface area contributed by atoms with Crippen molar-refractivity contribution in [2.75, 3.05) is 11.4 Å². The highest BCUT2D eigenvalue weighted by Gasteiger charge is 2.31. The molecule has 1 fully saturated rings. The molecule has 0 spiro atoms. The van der Waals surface area contributed by atoms with Gasteiger partial charge in [-0.25, -0.2) is 9.78 Å². The molecule has 7 heteroatoms. The van der Waals surface area contributed by atoms with Gasteiger partial charge >= 0.3 is 5.97 Å². The van der Waals surface area contributed by atoms with Crippen molar-refractivity contribution < 1.29 is 14.4 Å². The molecule has 19 heavy (non-hydrogen) atoms. The van der Waals surface area contributed by atoms with Crippen LogP contribution in [0.4, 0.5) is 5.82 Å². The van der Waals surface area contributed by atoms with Crippen molar-refractivity contribution in [1.29, 1.82) is 0 Å². The van der Waals surface area contributed by atoms with Crippen molar-refractivity contribution in [1.82, 2.24) is 15.1 Å². The van der Waals surface area contributed by atoms with Crippen LogP contribution in [0.2, 0.25) is 0 Å². The number of aryl methyl sites for hydroxylation is 1. The van der Waals surface area contributed by atoms with Crippen LogP contribution in [-0.4, -0.2) is 38.8 Å². The first-order valence-corrected chi connectivity index (χ1v) is 6.25. The van der Waals surface area contributed by atoms with E-state index in [4.69, 9.17) is 4.52 Å². The van der Waals surface area contributed by atoms with Crippen LogP contribution in [0.25, 0.3) is 11.1 Å². The molecule has 0 aromatic carbocycles. The lowest BCUT2D eigenvalue weighted by Crippen LogP contribution is -2.45. The number of nitrogens with zero attached hydrogens (tertiary/aromatic N) is 4. The Morgan fingerprint density at radius 2 is 2.32 bits per heavy atom. The number of carbonyl (C=O) groups is 1. The largest absolute Gasteiger partial charge is 0.480 e. The number of aromatic nitrogens is 3. The second-order valence-corrected chi connectivity index (χ2v) is 4.69. The molecule has 0 radical (unpaired) electrons. The Hall–Kier alpha value is -2.18. The minimum Gasteiger partial charge on any atom is -0.480 e. The minimum atomic E-state index is -0.819. The molecule has 1 aliphatic heterocycles. The molecule has 7 nitrogen and oxygen atoms in total. The third-order valence-electron chi connectivity index (χ3n) is 3.48. The Morgan fingerprint density at radius 3 is 3.11 bits per heavy atom. The van der Waals surface area contributed by atoms with Gasteiger partial charge in [-0.1, -0.05) is 5.16 Å². The number of hydrogen-bond acceptors (Lipinski definition) is 6. The van der Waals surface area contributed by atoms with Gasteiger partial charge in [0, 0.05) is 6.54 Å². The summed E-state index contributed by atoms with van der Waals surface area (Å²) in [5, 5.41) is 13.9. The number of aliphatic carboxylic acids is 1. The zero-order chi connectivity index (χ0) is 13.4. The average molecular weight is 262 g/mol. The molecular weight excluding hydrogens is 248 g/mol. The number of rotatable bonds is 2. The monoisotopic (exact) mass is 262 g/mol. The van der Waals surface area contributed by atoms with Crippen molar-refractivity contribution in [2.45, 2.75) is 32.2 Å². The van der Waals surface area contributed by atoms with Crippen LogP contribution in [0.5, 0.6) is 0 Å². The van der Waals surface area contributed by atoms with Gasteiger partial charge in [0.15, 0.2) is 0 Å². The van der Waals surface area contributed by atoms with E-state index in [1.807, 2.05) is 4.90 Å². The third-order valence-corrected chi connectivity index (χ3v) is 3.48. The minimum absolute atomic E-state index is 0.400. The third kappa shape index (κ3) is 1.91. The molecule has 1 saturated heterocycles. The van der Waals surface area contributed by atoms with Crippen molar-refractivity contribution in [3.8, 4) is 0 Å². The highest BCUT2D eigenvalue weighted by atomic mass is 16.5. The highest BCUT2D eigenvalue weighted by molar-refractivity contribution is 5.90. The Bertz CT molecular complexity index is 624. The molecule has 1 N–H and O–H groups in total. The smallest absolute Gasteiger partial charge is 0.326 e. The number of fused-ring (bicyclic) bond motifs is 1. The zero-order valence-corrected chi connectivity index (χ0v) is 10.5. The maximum absolute atomic E-state index is 11.4. The van der Waals surface area contributed by atoms with Gasteiger partial charge in [-0.15, -0.1) is 0 Å². The summed E-state index contributed by atoms with van der Waals surface area (Å²) in [6, 6.07) is -0.541. The summed E-state index contributed by atoms with van der Waals surface area (Å²) in [7, 11) is 0. The van der Waals surface area contributed by atoms with E-state index >= 15 is 0 Å². The van der Waals surface area contributed by atoms with Crippen LogP contribution in [0, 0.1) is 6.92 Å². The quantitative estimate of drug-likeness (QED) is 0.873. The van der Waals surface area contributed by atoms with Gasteiger partial charge in [0.1, 0.15) is 23.6 Å². The first-order valence-electron chi connectivity index (χ1n) is 6.25. The normalized spacial score (nSPS) is 19.8. The summed E-state index contributed by atoms with van der Waals surface area (Å²) < 4.78 is 5.10. The van der Waals surface area contributed by atoms with Crippen LogP contribution in [0.3, 0.4) is 0 Å². The van der Waals surface area contributed by atoms with Gasteiger partial charge < -0.3 is 14.5 Å². The Balaban J connectivity index is 2.11. The van der Waals surface area contributed by atoms with Crippen LogP contribution >= 0.6 is 0 Å². The predicted molar refractivity (Wildman–Crippen MR) is 67.0 cm³/mol. The average Bonchev–Trinajstić information content (AvgIpc) is 2.81. The van der Waals surface area contributed by atoms with E-state index in [1.165, 1.54) is 6.33 Å². The van der Waals surface area contributed by atoms with Crippen LogP contribution in [-0.2, 0) is 4.79 Å². The first kappa shape index (κ1) is 11.9. The fraction of sp³-hybridized carbons (Fsp3) is 0.500. The van der Waals surface area contributed by atoms with E-state index in [-0.39, 0.29) is 0 Å². The molecule has 100 valence electrons. The molecule has 0 amide bonds. The van der Waals surface area contributed by atoms with Gasteiger partial charge in [0.25, 0.3) is 5.71 Å². The maximum Gasteiger partial charge on any atom is 0.326 e. The lowest BCUT2D eigenvalue weighted by Gasteiger charge is -2.33. The molecule has 0 saturated carbocycles. The second kappa shape index (κ2) is 4.49. The van der Waals surface area contributed by atoms with Crippen LogP contribution in [0.1, 0.15) is 25.0 Å². The number of carboxylic acids is 1. The van der Waals surface area contributed by atoms with Crippen molar-refractivity contribution in [2.24, 2.45) is 0 Å². The summed E-state index contributed by atoms with van der Waals surface area (Å²) >= 11 is 0. The molecule has 3 heterocycles. The molecule has 3 rings (SSSR count). The standard InChI is InChI=1S/C12H14N4O3/c1-7-9-10(13-6-14-11(9)19-15-7)16-5-3-2-4-8(16)12(17)18/h6,8H,2-5H2,1H3,(H,17,18). The van der Waals surface area contributed by atoms with E-state index in [1.54, 1.807) is 6.92 Å². The molecule has 0 aliphatic carbocycles. The summed E-state index contributed by atoms with van der Waals surface area (Å²) in [6.45, 7) is 2.48. The molecule has 2 aromatic heterocycles. The summed E-state index contributed by atoms with van der Waals surface area (Å²) in [5.74, 6) is -0.212. The number of piperidine rings is 1. The van der Waals surface area contributed by atoms with Gasteiger partial charge in [-0.05, 0) is 26.2 Å². The number of carboxylic acid groups (broad SMARTS) is 1. The van der Waals surface area contributed by atoms with Gasteiger partial charge in [0.05, 0.1) is 5.69 Å². The highest BCUT2D eigenvalue weighted by Crippen LogP contribution is 2.30. The fourth-order valence-corrected chi connectivity index (χ4v) is 2.56. The van der Waals surface area contributed by atoms with E-state index in [2.05, 4.69) is 15.1 Å². The maximum atomic E-state index is 11.4. The molecule has 1 atom stereocenters. The molecule has 1 unspecified atom stereocenters. The van der Waals surface area contributed by atoms with Gasteiger partial charge in [-0.2, -0.15) is 4.98 Å². The van der Waals surface area contributed by atoms with Crippen LogP contribution in [0.15, 0.2) is 10.9 Å². The molecule has 0 bridgehead atoms. The first-order chi connectivity index (χ1) is 9.18. The molecule has 1 aliphatic rings. The Kier molecular flexibility index (Phi) is 2.81. The van der Waals surface area contributed by atoms with E-state index in [0.717, 1.165) is 12.8 Å². The van der Waals surface area contributed by atoms with Crippen LogP contribution < -0.4 is 4.90 Å². The zero-order valence-electron chi connectivity index (χ0n) is 10.5. The lowest BCUT2D eigenvalue weighted by molar-refractivity contribution is -0.139. The van der Waals surface area contributed by atoms with E-state index in [9.17, 15) is 9.90 Å².